The second kappa shape index (κ2) is 10.9. The number of hydrogen-bond acceptors (Lipinski definition) is 3. The molecule has 0 amide bonds. The Hall–Kier alpha value is -1.32. The minimum Gasteiger partial charge on any atom is -0.494 e. The van der Waals surface area contributed by atoms with Crippen molar-refractivity contribution in [1.82, 2.24) is 0 Å². The summed E-state index contributed by atoms with van der Waals surface area (Å²) >= 11 is 3.85. The van der Waals surface area contributed by atoms with Crippen LogP contribution in [0.1, 0.15) is 70.1 Å². The van der Waals surface area contributed by atoms with Gasteiger partial charge in [-0.05, 0) is 54.8 Å². The zero-order valence-corrected chi connectivity index (χ0v) is 18.4. The lowest BCUT2D eigenvalue weighted by atomic mass is 10.1. The molecular formula is C24H32OS2. The van der Waals surface area contributed by atoms with Crippen LogP contribution >= 0.6 is 22.7 Å². The second-order valence-electron chi connectivity index (χ2n) is 7.30. The molecule has 0 fully saturated rings. The van der Waals surface area contributed by atoms with E-state index in [9.17, 15) is 0 Å². The van der Waals surface area contributed by atoms with Gasteiger partial charge in [0.1, 0.15) is 5.75 Å². The predicted octanol–water partition coefficient (Wildman–Crippen LogP) is 8.71. The van der Waals surface area contributed by atoms with Gasteiger partial charge in [0.05, 0.1) is 6.61 Å². The van der Waals surface area contributed by atoms with Crippen LogP contribution in [-0.4, -0.2) is 6.61 Å². The minimum absolute atomic E-state index is 0.835. The van der Waals surface area contributed by atoms with Crippen molar-refractivity contribution in [2.24, 2.45) is 0 Å². The Kier molecular flexibility index (Phi) is 8.22. The molecule has 146 valence electrons. The van der Waals surface area contributed by atoms with E-state index >= 15 is 0 Å². The minimum atomic E-state index is 0.835. The summed E-state index contributed by atoms with van der Waals surface area (Å²) in [5.74, 6) is 0.994. The van der Waals surface area contributed by atoms with Gasteiger partial charge >= 0.3 is 0 Å². The van der Waals surface area contributed by atoms with Crippen molar-refractivity contribution < 1.29 is 4.74 Å². The van der Waals surface area contributed by atoms with E-state index in [0.29, 0.717) is 0 Å². The topological polar surface area (TPSA) is 9.23 Å². The van der Waals surface area contributed by atoms with E-state index < -0.39 is 0 Å². The number of unbranched alkanes of at least 4 members (excludes halogenated alkanes) is 6. The van der Waals surface area contributed by atoms with Crippen LogP contribution in [0.3, 0.4) is 0 Å². The van der Waals surface area contributed by atoms with Gasteiger partial charge in [-0.3, -0.25) is 0 Å². The summed E-state index contributed by atoms with van der Waals surface area (Å²) in [6.07, 6.45) is 11.7. The zero-order valence-electron chi connectivity index (χ0n) is 16.8. The van der Waals surface area contributed by atoms with Crippen molar-refractivity contribution in [3.05, 3.63) is 41.3 Å². The van der Waals surface area contributed by atoms with Gasteiger partial charge in [-0.1, -0.05) is 58.8 Å². The number of aryl methyl sites for hydroxylation is 1. The molecule has 0 bridgehead atoms. The molecule has 2 aromatic heterocycles. The number of rotatable bonds is 12. The predicted molar refractivity (Wildman–Crippen MR) is 123 cm³/mol. The first-order valence-corrected chi connectivity index (χ1v) is 12.2. The largest absolute Gasteiger partial charge is 0.494 e. The van der Waals surface area contributed by atoms with Gasteiger partial charge in [-0.25, -0.2) is 0 Å². The third-order valence-electron chi connectivity index (χ3n) is 4.91. The average Bonchev–Trinajstić information content (AvgIpc) is 3.23. The van der Waals surface area contributed by atoms with E-state index in [1.54, 1.807) is 0 Å². The SMILES string of the molecule is CCCCCCCCCOc1ccc(-c2cc3sc(CCC)cc3s2)cc1. The number of fused-ring (bicyclic) bond motifs is 1. The zero-order chi connectivity index (χ0) is 18.9. The van der Waals surface area contributed by atoms with Crippen LogP contribution in [0, 0.1) is 0 Å². The molecule has 1 aromatic carbocycles. The van der Waals surface area contributed by atoms with E-state index in [0.717, 1.165) is 18.8 Å². The highest BCUT2D eigenvalue weighted by Gasteiger charge is 2.08. The molecule has 0 saturated heterocycles. The number of thiophene rings is 2. The monoisotopic (exact) mass is 400 g/mol. The lowest BCUT2D eigenvalue weighted by Gasteiger charge is -2.07. The number of benzene rings is 1. The van der Waals surface area contributed by atoms with Gasteiger partial charge in [0.2, 0.25) is 0 Å². The van der Waals surface area contributed by atoms with Crippen LogP contribution in [0.2, 0.25) is 0 Å². The third-order valence-corrected chi connectivity index (χ3v) is 7.31. The molecule has 2 heterocycles. The molecule has 0 aliphatic carbocycles. The second-order valence-corrected chi connectivity index (χ2v) is 9.55. The standard InChI is InChI=1S/C24H32OS2/c1-3-5-6-7-8-9-10-16-25-20-14-12-19(13-15-20)22-18-24-23(27-22)17-21(26-24)11-4-2/h12-15,17-18H,3-11,16H2,1-2H3. The highest BCUT2D eigenvalue weighted by atomic mass is 32.1. The van der Waals surface area contributed by atoms with Crippen molar-refractivity contribution in [1.29, 1.82) is 0 Å². The van der Waals surface area contributed by atoms with Gasteiger partial charge in [-0.2, -0.15) is 0 Å². The number of hydrogen-bond donors (Lipinski definition) is 0. The summed E-state index contributed by atoms with van der Waals surface area (Å²) in [5, 5.41) is 0. The van der Waals surface area contributed by atoms with Crippen LogP contribution in [-0.2, 0) is 6.42 Å². The van der Waals surface area contributed by atoms with E-state index in [1.807, 2.05) is 22.7 Å². The number of ether oxygens (including phenoxy) is 1. The molecule has 27 heavy (non-hydrogen) atoms. The van der Waals surface area contributed by atoms with Crippen LogP contribution in [0.15, 0.2) is 36.4 Å². The molecule has 3 heteroatoms. The van der Waals surface area contributed by atoms with Crippen molar-refractivity contribution in [2.75, 3.05) is 6.61 Å². The fourth-order valence-corrected chi connectivity index (χ4v) is 5.89. The molecule has 0 N–H and O–H groups in total. The maximum Gasteiger partial charge on any atom is 0.119 e. The molecule has 0 aliphatic rings. The molecule has 3 rings (SSSR count). The Labute approximate surface area is 172 Å². The van der Waals surface area contributed by atoms with E-state index in [4.69, 9.17) is 4.74 Å². The van der Waals surface area contributed by atoms with Gasteiger partial charge < -0.3 is 4.74 Å². The first-order valence-electron chi connectivity index (χ1n) is 10.6. The van der Waals surface area contributed by atoms with Crippen molar-refractivity contribution in [3.8, 4) is 16.2 Å². The Morgan fingerprint density at radius 2 is 1.44 bits per heavy atom. The smallest absolute Gasteiger partial charge is 0.119 e. The molecule has 0 spiro atoms. The van der Waals surface area contributed by atoms with Crippen LogP contribution in [0.4, 0.5) is 0 Å². The summed E-state index contributed by atoms with van der Waals surface area (Å²) in [6, 6.07) is 13.3. The first-order chi connectivity index (χ1) is 13.3. The summed E-state index contributed by atoms with van der Waals surface area (Å²) in [7, 11) is 0. The fourth-order valence-electron chi connectivity index (χ4n) is 3.36. The van der Waals surface area contributed by atoms with Crippen LogP contribution in [0.5, 0.6) is 5.75 Å². The van der Waals surface area contributed by atoms with Crippen LogP contribution in [0.25, 0.3) is 19.8 Å². The lowest BCUT2D eigenvalue weighted by molar-refractivity contribution is 0.304. The molecule has 0 radical (unpaired) electrons. The third kappa shape index (κ3) is 6.08. The summed E-state index contributed by atoms with van der Waals surface area (Å²) < 4.78 is 8.77. The van der Waals surface area contributed by atoms with Crippen molar-refractivity contribution in [2.45, 2.75) is 71.6 Å². The molecule has 0 unspecified atom stereocenters. The Morgan fingerprint density at radius 3 is 2.15 bits per heavy atom. The van der Waals surface area contributed by atoms with Gasteiger partial charge in [0, 0.05) is 19.2 Å². The summed E-state index contributed by atoms with van der Waals surface area (Å²) in [6.45, 7) is 5.35. The molecule has 0 aliphatic heterocycles. The van der Waals surface area contributed by atoms with Crippen molar-refractivity contribution >= 4 is 32.1 Å². The quantitative estimate of drug-likeness (QED) is 0.276. The van der Waals surface area contributed by atoms with E-state index in [2.05, 4.69) is 50.2 Å². The normalized spacial score (nSPS) is 11.3. The summed E-state index contributed by atoms with van der Waals surface area (Å²) in [4.78, 5) is 2.87. The van der Waals surface area contributed by atoms with E-state index in [1.165, 1.54) is 76.1 Å². The first kappa shape index (κ1) is 20.4. The Morgan fingerprint density at radius 1 is 0.741 bits per heavy atom. The average molecular weight is 401 g/mol. The van der Waals surface area contributed by atoms with Gasteiger partial charge in [0.15, 0.2) is 0 Å². The highest BCUT2D eigenvalue weighted by molar-refractivity contribution is 7.29. The maximum absolute atomic E-state index is 5.92. The molecule has 1 nitrogen and oxygen atoms in total. The summed E-state index contributed by atoms with van der Waals surface area (Å²) in [5.41, 5.74) is 1.30. The molecule has 3 aromatic rings. The highest BCUT2D eigenvalue weighted by Crippen LogP contribution is 2.39. The molecule has 0 atom stereocenters. The van der Waals surface area contributed by atoms with E-state index in [-0.39, 0.29) is 0 Å². The molecule has 0 saturated carbocycles. The fraction of sp³-hybridized carbons (Fsp3) is 0.500. The Balaban J connectivity index is 1.45. The molecular weight excluding hydrogens is 368 g/mol. The van der Waals surface area contributed by atoms with Gasteiger partial charge in [-0.15, -0.1) is 22.7 Å². The lowest BCUT2D eigenvalue weighted by Crippen LogP contribution is -1.97. The van der Waals surface area contributed by atoms with Gasteiger partial charge in [0.25, 0.3) is 0 Å². The van der Waals surface area contributed by atoms with Crippen molar-refractivity contribution in [3.63, 3.8) is 0 Å². The maximum atomic E-state index is 5.92. The Bertz CT molecular complexity index is 766. The van der Waals surface area contributed by atoms with Crippen LogP contribution < -0.4 is 4.74 Å².